The largest absolute Gasteiger partial charge is 0.497 e. The van der Waals surface area contributed by atoms with E-state index in [2.05, 4.69) is 10.1 Å². The minimum Gasteiger partial charge on any atom is -0.497 e. The van der Waals surface area contributed by atoms with Gasteiger partial charge in [0.05, 0.1) is 20.8 Å². The Balaban J connectivity index is 1.99. The lowest BCUT2D eigenvalue weighted by Crippen LogP contribution is -2.15. The van der Waals surface area contributed by atoms with Gasteiger partial charge < -0.3 is 18.9 Å². The summed E-state index contributed by atoms with van der Waals surface area (Å²) in [6, 6.07) is 14.1. The van der Waals surface area contributed by atoms with Gasteiger partial charge in [-0.1, -0.05) is 6.07 Å². The minimum absolute atomic E-state index is 0.0964. The molecule has 8 heteroatoms. The topological polar surface area (TPSA) is 84.7 Å². The van der Waals surface area contributed by atoms with Crippen LogP contribution in [0.1, 0.15) is 10.4 Å². The Kier molecular flexibility index (Phi) is 6.23. The van der Waals surface area contributed by atoms with Crippen molar-refractivity contribution >= 4 is 5.91 Å². The first kappa shape index (κ1) is 19.4. The average molecular weight is 383 g/mol. The Labute approximate surface area is 162 Å². The van der Waals surface area contributed by atoms with Crippen molar-refractivity contribution in [2.24, 2.45) is 0 Å². The first-order chi connectivity index (χ1) is 13.7. The van der Waals surface area contributed by atoms with Gasteiger partial charge in [0.25, 0.3) is 5.91 Å². The fraction of sp³-hybridized carbons (Fsp3) is 0.250. The summed E-state index contributed by atoms with van der Waals surface area (Å²) in [7, 11) is 4.71. The second kappa shape index (κ2) is 9.01. The van der Waals surface area contributed by atoms with E-state index in [0.717, 1.165) is 0 Å². The molecule has 0 aliphatic heterocycles. The summed E-state index contributed by atoms with van der Waals surface area (Å²) in [5.41, 5.74) is 1.12. The summed E-state index contributed by atoms with van der Waals surface area (Å²) in [6.07, 6.45) is 0. The molecule has 0 fully saturated rings. The van der Waals surface area contributed by atoms with Crippen molar-refractivity contribution in [1.82, 2.24) is 14.8 Å². The maximum absolute atomic E-state index is 13.1. The Morgan fingerprint density at radius 1 is 0.964 bits per heavy atom. The first-order valence-corrected chi connectivity index (χ1v) is 8.58. The molecule has 8 nitrogen and oxygen atoms in total. The second-order valence-corrected chi connectivity index (χ2v) is 5.74. The van der Waals surface area contributed by atoms with Crippen LogP contribution in [0.3, 0.4) is 0 Å². The van der Waals surface area contributed by atoms with Gasteiger partial charge in [-0.15, -0.1) is 5.10 Å². The molecule has 3 aromatic rings. The van der Waals surface area contributed by atoms with E-state index in [0.29, 0.717) is 35.1 Å². The zero-order valence-corrected chi connectivity index (χ0v) is 15.9. The zero-order chi connectivity index (χ0) is 19.9. The number of methoxy groups -OCH3 is 3. The normalized spacial score (nSPS) is 10.5. The molecule has 0 atom stereocenters. The summed E-state index contributed by atoms with van der Waals surface area (Å²) in [4.78, 5) is 17.5. The SMILES string of the molecule is COCCOc1nc(-c2ccc(OC)cc2)n(C(=O)c2cccc(OC)c2)n1. The van der Waals surface area contributed by atoms with Gasteiger partial charge in [0.2, 0.25) is 0 Å². The van der Waals surface area contributed by atoms with Gasteiger partial charge >= 0.3 is 6.01 Å². The molecule has 0 aliphatic rings. The number of ether oxygens (including phenoxy) is 4. The van der Waals surface area contributed by atoms with E-state index in [1.165, 1.54) is 4.68 Å². The predicted octanol–water partition coefficient (Wildman–Crippen LogP) is 2.68. The van der Waals surface area contributed by atoms with Crippen molar-refractivity contribution in [3.05, 3.63) is 54.1 Å². The Morgan fingerprint density at radius 3 is 2.39 bits per heavy atom. The highest BCUT2D eigenvalue weighted by atomic mass is 16.5. The number of aromatic nitrogens is 3. The molecular formula is C20H21N3O5. The third-order valence-electron chi connectivity index (χ3n) is 3.96. The summed E-state index contributed by atoms with van der Waals surface area (Å²) < 4.78 is 22.1. The highest BCUT2D eigenvalue weighted by molar-refractivity contribution is 5.97. The maximum Gasteiger partial charge on any atom is 0.336 e. The fourth-order valence-electron chi connectivity index (χ4n) is 2.52. The number of carbonyl (C=O) groups is 1. The van der Waals surface area contributed by atoms with E-state index in [1.54, 1.807) is 69.9 Å². The van der Waals surface area contributed by atoms with E-state index >= 15 is 0 Å². The molecule has 0 saturated heterocycles. The molecule has 3 rings (SSSR count). The van der Waals surface area contributed by atoms with E-state index in [1.807, 2.05) is 0 Å². The number of hydrogen-bond acceptors (Lipinski definition) is 7. The van der Waals surface area contributed by atoms with Crippen molar-refractivity contribution in [3.63, 3.8) is 0 Å². The number of benzene rings is 2. The van der Waals surface area contributed by atoms with Crippen LogP contribution in [-0.2, 0) is 4.74 Å². The van der Waals surface area contributed by atoms with Crippen molar-refractivity contribution in [2.75, 3.05) is 34.5 Å². The summed E-state index contributed by atoms with van der Waals surface area (Å²) in [5, 5.41) is 4.24. The Hall–Kier alpha value is -3.39. The number of rotatable bonds is 8. The summed E-state index contributed by atoms with van der Waals surface area (Å²) in [6.45, 7) is 0.659. The smallest absolute Gasteiger partial charge is 0.336 e. The molecule has 0 aliphatic carbocycles. The van der Waals surface area contributed by atoms with Crippen molar-refractivity contribution in [1.29, 1.82) is 0 Å². The highest BCUT2D eigenvalue weighted by Crippen LogP contribution is 2.24. The molecule has 146 valence electrons. The zero-order valence-electron chi connectivity index (χ0n) is 15.9. The predicted molar refractivity (Wildman–Crippen MR) is 102 cm³/mol. The fourth-order valence-corrected chi connectivity index (χ4v) is 2.52. The standard InChI is InChI=1S/C20H21N3O5/c1-25-11-12-28-20-21-18(14-7-9-16(26-2)10-8-14)23(22-20)19(24)15-5-4-6-17(13-15)27-3/h4-10,13H,11-12H2,1-3H3. The van der Waals surface area contributed by atoms with Crippen LogP contribution in [0.15, 0.2) is 48.5 Å². The number of hydrogen-bond donors (Lipinski definition) is 0. The third kappa shape index (κ3) is 4.29. The number of nitrogens with zero attached hydrogens (tertiary/aromatic N) is 3. The lowest BCUT2D eigenvalue weighted by atomic mass is 10.1. The van der Waals surface area contributed by atoms with Crippen LogP contribution in [0, 0.1) is 0 Å². The molecule has 0 spiro atoms. The molecule has 1 heterocycles. The van der Waals surface area contributed by atoms with Gasteiger partial charge in [-0.25, -0.2) is 0 Å². The third-order valence-corrected chi connectivity index (χ3v) is 3.96. The lowest BCUT2D eigenvalue weighted by molar-refractivity contribution is 0.0942. The molecule has 0 amide bonds. The average Bonchev–Trinajstić information content (AvgIpc) is 3.17. The van der Waals surface area contributed by atoms with E-state index in [-0.39, 0.29) is 18.5 Å². The molecule has 0 unspecified atom stereocenters. The van der Waals surface area contributed by atoms with Crippen molar-refractivity contribution < 1.29 is 23.7 Å². The van der Waals surface area contributed by atoms with Crippen molar-refractivity contribution in [2.45, 2.75) is 0 Å². The lowest BCUT2D eigenvalue weighted by Gasteiger charge is -2.07. The Morgan fingerprint density at radius 2 is 1.71 bits per heavy atom. The highest BCUT2D eigenvalue weighted by Gasteiger charge is 2.20. The van der Waals surface area contributed by atoms with Crippen LogP contribution in [0.5, 0.6) is 17.5 Å². The quantitative estimate of drug-likeness (QED) is 0.553. The molecule has 0 radical (unpaired) electrons. The van der Waals surface area contributed by atoms with Gasteiger partial charge in [-0.2, -0.15) is 9.67 Å². The van der Waals surface area contributed by atoms with Gasteiger partial charge in [0.15, 0.2) is 5.82 Å². The van der Waals surface area contributed by atoms with Crippen LogP contribution in [-0.4, -0.2) is 55.2 Å². The number of carbonyl (C=O) groups excluding carboxylic acids is 1. The molecule has 0 N–H and O–H groups in total. The van der Waals surface area contributed by atoms with Gasteiger partial charge in [0, 0.05) is 18.2 Å². The van der Waals surface area contributed by atoms with Crippen molar-refractivity contribution in [3.8, 4) is 28.9 Å². The molecule has 28 heavy (non-hydrogen) atoms. The van der Waals surface area contributed by atoms with Crippen LogP contribution in [0.25, 0.3) is 11.4 Å². The summed E-state index contributed by atoms with van der Waals surface area (Å²) >= 11 is 0. The van der Waals surface area contributed by atoms with Crippen LogP contribution >= 0.6 is 0 Å². The van der Waals surface area contributed by atoms with Gasteiger partial charge in [0.1, 0.15) is 18.1 Å². The van der Waals surface area contributed by atoms with E-state index in [9.17, 15) is 4.79 Å². The summed E-state index contributed by atoms with van der Waals surface area (Å²) in [5.74, 6) is 1.29. The Bertz CT molecular complexity index is 937. The minimum atomic E-state index is -0.348. The second-order valence-electron chi connectivity index (χ2n) is 5.74. The van der Waals surface area contributed by atoms with Gasteiger partial charge in [-0.3, -0.25) is 4.79 Å². The van der Waals surface area contributed by atoms with Crippen LogP contribution in [0.2, 0.25) is 0 Å². The maximum atomic E-state index is 13.1. The van der Waals surface area contributed by atoms with E-state index in [4.69, 9.17) is 18.9 Å². The molecule has 0 bridgehead atoms. The molecule has 0 saturated carbocycles. The molecule has 1 aromatic heterocycles. The molecular weight excluding hydrogens is 362 g/mol. The van der Waals surface area contributed by atoms with E-state index < -0.39 is 0 Å². The van der Waals surface area contributed by atoms with Crippen LogP contribution < -0.4 is 14.2 Å². The molecule has 2 aromatic carbocycles. The van der Waals surface area contributed by atoms with Crippen LogP contribution in [0.4, 0.5) is 0 Å². The monoisotopic (exact) mass is 383 g/mol. The van der Waals surface area contributed by atoms with Gasteiger partial charge in [-0.05, 0) is 42.5 Å². The first-order valence-electron chi connectivity index (χ1n) is 8.58.